The van der Waals surface area contributed by atoms with Crippen molar-refractivity contribution >= 4 is 5.97 Å². The molecule has 2 aliphatic heterocycles. The van der Waals surface area contributed by atoms with Gasteiger partial charge in [0.05, 0.1) is 7.11 Å². The van der Waals surface area contributed by atoms with E-state index in [1.54, 1.807) is 13.2 Å². The van der Waals surface area contributed by atoms with Crippen LogP contribution in [0, 0.1) is 0 Å². The molecule has 2 aliphatic rings. The minimum absolute atomic E-state index is 0.543. The molecule has 0 aromatic heterocycles. The summed E-state index contributed by atoms with van der Waals surface area (Å²) in [6.07, 6.45) is 3.08. The van der Waals surface area contributed by atoms with Crippen LogP contribution in [0.5, 0.6) is 11.5 Å². The van der Waals surface area contributed by atoms with Crippen LogP contribution < -0.4 is 9.47 Å². The van der Waals surface area contributed by atoms with Gasteiger partial charge in [-0.1, -0.05) is 18.6 Å². The van der Waals surface area contributed by atoms with Gasteiger partial charge in [-0.05, 0) is 38.9 Å². The van der Waals surface area contributed by atoms with Crippen molar-refractivity contribution in [1.82, 2.24) is 9.80 Å². The number of aliphatic carboxylic acids is 1. The second-order valence-corrected chi connectivity index (χ2v) is 6.99. The number of carboxylic acids is 1. The van der Waals surface area contributed by atoms with Gasteiger partial charge in [-0.3, -0.25) is 9.80 Å². The van der Waals surface area contributed by atoms with E-state index in [-0.39, 0.29) is 0 Å². The molecule has 3 rings (SSSR count). The van der Waals surface area contributed by atoms with Gasteiger partial charge in [-0.2, -0.15) is 0 Å². The molecular formula is C19H28N2O4. The molecule has 2 heterocycles. The number of carbonyl (C=O) groups is 1. The van der Waals surface area contributed by atoms with Crippen LogP contribution in [-0.4, -0.2) is 66.3 Å². The van der Waals surface area contributed by atoms with Crippen LogP contribution in [0.2, 0.25) is 0 Å². The molecule has 0 amide bonds. The Balaban J connectivity index is 1.63. The fraction of sp³-hybridized carbons (Fsp3) is 0.632. The molecule has 138 valence electrons. The van der Waals surface area contributed by atoms with Crippen LogP contribution >= 0.6 is 0 Å². The summed E-state index contributed by atoms with van der Waals surface area (Å²) < 4.78 is 11.1. The number of hydrogen-bond donors (Lipinski definition) is 1. The van der Waals surface area contributed by atoms with Crippen molar-refractivity contribution < 1.29 is 19.4 Å². The fourth-order valence-corrected chi connectivity index (χ4v) is 3.63. The summed E-state index contributed by atoms with van der Waals surface area (Å²) in [7, 11) is 1.58. The number of methoxy groups -OCH3 is 1. The van der Waals surface area contributed by atoms with Crippen LogP contribution in [0.25, 0.3) is 0 Å². The predicted molar refractivity (Wildman–Crippen MR) is 95.2 cm³/mol. The molecule has 1 aromatic carbocycles. The maximum atomic E-state index is 11.1. The highest BCUT2D eigenvalue weighted by Crippen LogP contribution is 2.34. The van der Waals surface area contributed by atoms with Crippen LogP contribution in [0.3, 0.4) is 0 Å². The monoisotopic (exact) mass is 348 g/mol. The van der Waals surface area contributed by atoms with Gasteiger partial charge in [0.15, 0.2) is 17.6 Å². The number of hydrogen-bond acceptors (Lipinski definition) is 5. The molecule has 0 unspecified atom stereocenters. The molecule has 2 fully saturated rings. The molecule has 1 N–H and O–H groups in total. The number of ether oxygens (including phenoxy) is 2. The Morgan fingerprint density at radius 3 is 2.64 bits per heavy atom. The van der Waals surface area contributed by atoms with Gasteiger partial charge >= 0.3 is 5.97 Å². The van der Waals surface area contributed by atoms with E-state index in [0.29, 0.717) is 17.5 Å². The Morgan fingerprint density at radius 2 is 2.00 bits per heavy atom. The first-order valence-corrected chi connectivity index (χ1v) is 9.10. The Hall–Kier alpha value is -1.79. The SMILES string of the molecule is COc1cccc(CN2CC(N3CCCCC3)C2)c1O[C@H](C)C(=O)O. The lowest BCUT2D eigenvalue weighted by molar-refractivity contribution is -0.144. The van der Waals surface area contributed by atoms with Gasteiger partial charge in [0.1, 0.15) is 0 Å². The number of para-hydroxylation sites is 1. The smallest absolute Gasteiger partial charge is 0.344 e. The Bertz CT molecular complexity index is 595. The van der Waals surface area contributed by atoms with E-state index < -0.39 is 12.1 Å². The maximum absolute atomic E-state index is 11.1. The van der Waals surface area contributed by atoms with E-state index >= 15 is 0 Å². The van der Waals surface area contributed by atoms with Crippen LogP contribution in [0.1, 0.15) is 31.7 Å². The van der Waals surface area contributed by atoms with Gasteiger partial charge in [-0.25, -0.2) is 4.79 Å². The molecular weight excluding hydrogens is 320 g/mol. The van der Waals surface area contributed by atoms with Gasteiger partial charge in [-0.15, -0.1) is 0 Å². The zero-order valence-corrected chi connectivity index (χ0v) is 15.1. The molecule has 2 saturated heterocycles. The highest BCUT2D eigenvalue weighted by Gasteiger charge is 2.33. The number of likely N-dealkylation sites (tertiary alicyclic amines) is 2. The number of piperidine rings is 1. The van der Waals surface area contributed by atoms with Crippen molar-refractivity contribution in [1.29, 1.82) is 0 Å². The van der Waals surface area contributed by atoms with Crippen LogP contribution in [0.4, 0.5) is 0 Å². The van der Waals surface area contributed by atoms with E-state index in [9.17, 15) is 4.79 Å². The Labute approximate surface area is 149 Å². The molecule has 0 aliphatic carbocycles. The standard InChI is InChI=1S/C19H28N2O4/c1-14(19(22)23)25-18-15(7-6-8-17(18)24-2)11-20-12-16(13-20)21-9-4-3-5-10-21/h6-8,14,16H,3-5,9-13H2,1-2H3,(H,22,23)/t14-/m1/s1. The lowest BCUT2D eigenvalue weighted by Crippen LogP contribution is -2.59. The van der Waals surface area contributed by atoms with E-state index in [1.807, 2.05) is 12.1 Å². The lowest BCUT2D eigenvalue weighted by atomic mass is 10.0. The zero-order valence-electron chi connectivity index (χ0n) is 15.1. The average molecular weight is 348 g/mol. The number of benzene rings is 1. The summed E-state index contributed by atoms with van der Waals surface area (Å²) in [6.45, 7) is 6.86. The summed E-state index contributed by atoms with van der Waals surface area (Å²) in [5.41, 5.74) is 0.976. The van der Waals surface area contributed by atoms with Crippen molar-refractivity contribution in [2.24, 2.45) is 0 Å². The minimum Gasteiger partial charge on any atom is -0.493 e. The highest BCUT2D eigenvalue weighted by atomic mass is 16.5. The van der Waals surface area contributed by atoms with E-state index in [4.69, 9.17) is 14.6 Å². The van der Waals surface area contributed by atoms with E-state index in [2.05, 4.69) is 9.80 Å². The third-order valence-corrected chi connectivity index (χ3v) is 5.16. The minimum atomic E-state index is -0.981. The maximum Gasteiger partial charge on any atom is 0.344 e. The van der Waals surface area contributed by atoms with Crippen molar-refractivity contribution in [3.8, 4) is 11.5 Å². The molecule has 6 nitrogen and oxygen atoms in total. The quantitative estimate of drug-likeness (QED) is 0.815. The van der Waals surface area contributed by atoms with Crippen molar-refractivity contribution in [2.45, 2.75) is 44.9 Å². The van der Waals surface area contributed by atoms with Gasteiger partial charge in [0.25, 0.3) is 0 Å². The first-order chi connectivity index (χ1) is 12.1. The number of rotatable bonds is 7. The number of nitrogens with zero attached hydrogens (tertiary/aromatic N) is 2. The summed E-state index contributed by atoms with van der Waals surface area (Å²) in [5.74, 6) is 0.144. The Kier molecular flexibility index (Phi) is 5.81. The fourth-order valence-electron chi connectivity index (χ4n) is 3.63. The van der Waals surface area contributed by atoms with Crippen molar-refractivity contribution in [2.75, 3.05) is 33.3 Å². The predicted octanol–water partition coefficient (Wildman–Crippen LogP) is 2.22. The summed E-state index contributed by atoms with van der Waals surface area (Å²) >= 11 is 0. The Morgan fingerprint density at radius 1 is 1.28 bits per heavy atom. The second kappa shape index (κ2) is 8.06. The second-order valence-electron chi connectivity index (χ2n) is 6.99. The molecule has 1 aromatic rings. The molecule has 0 spiro atoms. The molecule has 1 atom stereocenters. The molecule has 0 bridgehead atoms. The lowest BCUT2D eigenvalue weighted by Gasteiger charge is -2.47. The van der Waals surface area contributed by atoms with Crippen molar-refractivity contribution in [3.63, 3.8) is 0 Å². The zero-order chi connectivity index (χ0) is 17.8. The normalized spacial score (nSPS) is 20.7. The summed E-state index contributed by atoms with van der Waals surface area (Å²) in [6, 6.07) is 6.38. The first-order valence-electron chi connectivity index (χ1n) is 9.10. The molecule has 0 saturated carbocycles. The van der Waals surface area contributed by atoms with Gasteiger partial charge in [0, 0.05) is 31.2 Å². The average Bonchev–Trinajstić information content (AvgIpc) is 2.59. The summed E-state index contributed by atoms with van der Waals surface area (Å²) in [5, 5.41) is 9.13. The van der Waals surface area contributed by atoms with Crippen LogP contribution in [-0.2, 0) is 11.3 Å². The molecule has 6 heteroatoms. The highest BCUT2D eigenvalue weighted by molar-refractivity contribution is 5.72. The van der Waals surface area contributed by atoms with Crippen molar-refractivity contribution in [3.05, 3.63) is 23.8 Å². The van der Waals surface area contributed by atoms with Crippen LogP contribution in [0.15, 0.2) is 18.2 Å². The summed E-state index contributed by atoms with van der Waals surface area (Å²) in [4.78, 5) is 16.1. The molecule has 0 radical (unpaired) electrons. The molecule has 25 heavy (non-hydrogen) atoms. The van der Waals surface area contributed by atoms with Gasteiger partial charge < -0.3 is 14.6 Å². The third-order valence-electron chi connectivity index (χ3n) is 5.16. The number of carboxylic acid groups (broad SMARTS) is 1. The van der Waals surface area contributed by atoms with E-state index in [0.717, 1.165) is 25.2 Å². The largest absolute Gasteiger partial charge is 0.493 e. The third kappa shape index (κ3) is 4.25. The van der Waals surface area contributed by atoms with E-state index in [1.165, 1.54) is 39.3 Å². The van der Waals surface area contributed by atoms with Gasteiger partial charge in [0.2, 0.25) is 0 Å². The first kappa shape index (κ1) is 18.0. The topological polar surface area (TPSA) is 62.2 Å².